The van der Waals surface area contributed by atoms with Crippen LogP contribution in [0.3, 0.4) is 0 Å². The van der Waals surface area contributed by atoms with Crippen LogP contribution in [0, 0.1) is 27.7 Å². The number of para-hydroxylation sites is 5. The number of hydrogen-bond donors (Lipinski definition) is 0. The number of anilines is 6. The molecule has 0 unspecified atom stereocenters. The predicted molar refractivity (Wildman–Crippen MR) is 291 cm³/mol. The number of furan rings is 3. The van der Waals surface area contributed by atoms with Crippen molar-refractivity contribution in [2.75, 3.05) is 9.80 Å². The van der Waals surface area contributed by atoms with Crippen molar-refractivity contribution in [3.63, 3.8) is 0 Å². The van der Waals surface area contributed by atoms with Crippen molar-refractivity contribution in [2.24, 2.45) is 0 Å². The first kappa shape index (κ1) is 42.6. The Morgan fingerprint density at radius 3 is 1.22 bits per heavy atom. The zero-order valence-corrected chi connectivity index (χ0v) is 41.1. The van der Waals surface area contributed by atoms with Gasteiger partial charge >= 0.3 is 0 Å². The second-order valence-electron chi connectivity index (χ2n) is 21.1. The number of nitrogens with zero attached hydrogens (tertiary/aromatic N) is 2. The summed E-state index contributed by atoms with van der Waals surface area (Å²) in [6, 6.07) is 57.1. The van der Waals surface area contributed by atoms with Crippen LogP contribution in [-0.4, -0.2) is 0 Å². The lowest BCUT2D eigenvalue weighted by molar-refractivity contribution is 0.572. The zero-order chi connectivity index (χ0) is 47.7. The maximum absolute atomic E-state index is 7.38. The van der Waals surface area contributed by atoms with Gasteiger partial charge < -0.3 is 23.1 Å². The lowest BCUT2D eigenvalue weighted by Crippen LogP contribution is -2.15. The van der Waals surface area contributed by atoms with Gasteiger partial charge in [0.15, 0.2) is 16.7 Å². The zero-order valence-electron chi connectivity index (χ0n) is 41.1. The Hall–Kier alpha value is -7.76. The largest absolute Gasteiger partial charge is 0.454 e. The molecule has 0 aliphatic rings. The summed E-state index contributed by atoms with van der Waals surface area (Å²) >= 11 is 0. The fourth-order valence-corrected chi connectivity index (χ4v) is 10.7. The Bertz CT molecular complexity index is 4050. The van der Waals surface area contributed by atoms with E-state index in [9.17, 15) is 0 Å². The molecule has 0 aliphatic carbocycles. The molecule has 0 radical (unpaired) electrons. The third kappa shape index (κ3) is 6.58. The van der Waals surface area contributed by atoms with E-state index >= 15 is 0 Å². The summed E-state index contributed by atoms with van der Waals surface area (Å²) in [7, 11) is 0. The standard InChI is InChI=1S/C64H56N2O3/c1-37-31-33-41(35-39(37)3)65(52-28-17-24-47-45-22-15-26-50(63(5,6)7)58(45)68-60(47)52)56-43-19-11-12-20-44(43)57(62-55(56)49-21-13-14-30-54(49)67-62)66(42-34-32-38(2)40(4)36-42)53-29-18-25-48-46-23-16-27-51(64(8,9)10)59(46)69-61(48)53/h11-36H,1-10H3. The van der Waals surface area contributed by atoms with Crippen LogP contribution in [-0.2, 0) is 10.8 Å². The van der Waals surface area contributed by atoms with Crippen molar-refractivity contribution >= 4 is 111 Å². The Kier molecular flexibility index (Phi) is 9.49. The molecular weight excluding hydrogens is 845 g/mol. The number of aryl methyl sites for hydroxylation is 4. The van der Waals surface area contributed by atoms with Gasteiger partial charge in [-0.05, 0) is 103 Å². The highest BCUT2D eigenvalue weighted by molar-refractivity contribution is 6.29. The van der Waals surface area contributed by atoms with Crippen LogP contribution in [0.5, 0.6) is 0 Å². The molecule has 0 bridgehead atoms. The SMILES string of the molecule is Cc1ccc(N(c2cccc3c2oc2c(C(C)(C)C)cccc23)c2c3ccccc3c(N(c3ccc(C)c(C)c3)c3cccc4c3oc3c(C(C)(C)C)cccc34)c3c2oc2ccccc23)cc1C. The summed E-state index contributed by atoms with van der Waals surface area (Å²) in [5.41, 5.74) is 17.9. The van der Waals surface area contributed by atoms with Gasteiger partial charge in [-0.1, -0.05) is 157 Å². The molecular formula is C64H56N2O3. The molecule has 69 heavy (non-hydrogen) atoms. The maximum atomic E-state index is 7.38. The first-order chi connectivity index (χ1) is 33.2. The highest BCUT2D eigenvalue weighted by atomic mass is 16.3. The molecule has 5 heteroatoms. The highest BCUT2D eigenvalue weighted by Gasteiger charge is 2.33. The van der Waals surface area contributed by atoms with Gasteiger partial charge in [-0.3, -0.25) is 0 Å². The van der Waals surface area contributed by atoms with Gasteiger partial charge in [0.1, 0.15) is 16.7 Å². The summed E-state index contributed by atoms with van der Waals surface area (Å²) in [4.78, 5) is 4.82. The molecule has 3 heterocycles. The smallest absolute Gasteiger partial charge is 0.162 e. The van der Waals surface area contributed by atoms with Crippen molar-refractivity contribution in [1.29, 1.82) is 0 Å². The minimum absolute atomic E-state index is 0.126. The van der Waals surface area contributed by atoms with Gasteiger partial charge in [0.25, 0.3) is 0 Å². The molecule has 0 spiro atoms. The van der Waals surface area contributed by atoms with Crippen LogP contribution in [0.2, 0.25) is 0 Å². The van der Waals surface area contributed by atoms with E-state index in [0.29, 0.717) is 0 Å². The van der Waals surface area contributed by atoms with Crippen LogP contribution in [0.25, 0.3) is 76.6 Å². The van der Waals surface area contributed by atoms with Crippen molar-refractivity contribution in [3.05, 3.63) is 191 Å². The molecule has 0 amide bonds. The first-order valence-corrected chi connectivity index (χ1v) is 24.2. The maximum Gasteiger partial charge on any atom is 0.162 e. The second kappa shape index (κ2) is 15.4. The summed E-state index contributed by atoms with van der Waals surface area (Å²) < 4.78 is 21.8. The van der Waals surface area contributed by atoms with Crippen LogP contribution in [0.1, 0.15) is 74.9 Å². The van der Waals surface area contributed by atoms with E-state index in [0.717, 1.165) is 111 Å². The molecule has 340 valence electrons. The first-order valence-electron chi connectivity index (χ1n) is 24.2. The average molecular weight is 901 g/mol. The van der Waals surface area contributed by atoms with Crippen LogP contribution in [0.15, 0.2) is 171 Å². The van der Waals surface area contributed by atoms with E-state index in [1.807, 2.05) is 0 Å². The Morgan fingerprint density at radius 1 is 0.333 bits per heavy atom. The van der Waals surface area contributed by atoms with Gasteiger partial charge in [-0.15, -0.1) is 0 Å². The van der Waals surface area contributed by atoms with Crippen molar-refractivity contribution < 1.29 is 13.3 Å². The Balaban J connectivity index is 1.25. The molecule has 0 saturated carbocycles. The lowest BCUT2D eigenvalue weighted by atomic mass is 9.86. The van der Waals surface area contributed by atoms with Crippen LogP contribution in [0.4, 0.5) is 34.1 Å². The van der Waals surface area contributed by atoms with Crippen LogP contribution >= 0.6 is 0 Å². The lowest BCUT2D eigenvalue weighted by Gasteiger charge is -2.31. The van der Waals surface area contributed by atoms with Gasteiger partial charge in [0, 0.05) is 60.2 Å². The Labute approximate surface area is 403 Å². The molecule has 12 aromatic rings. The minimum atomic E-state index is -0.128. The quantitative estimate of drug-likeness (QED) is 0.156. The topological polar surface area (TPSA) is 45.9 Å². The molecule has 0 atom stereocenters. The summed E-state index contributed by atoms with van der Waals surface area (Å²) in [5.74, 6) is 0. The van der Waals surface area contributed by atoms with E-state index in [1.165, 1.54) is 33.4 Å². The highest BCUT2D eigenvalue weighted by Crippen LogP contribution is 2.56. The number of hydrogen-bond acceptors (Lipinski definition) is 5. The summed E-state index contributed by atoms with van der Waals surface area (Å²) in [5, 5.41) is 8.47. The fraction of sp³-hybridized carbons (Fsp3) is 0.188. The normalized spacial score (nSPS) is 12.5. The van der Waals surface area contributed by atoms with Crippen molar-refractivity contribution in [3.8, 4) is 0 Å². The monoisotopic (exact) mass is 900 g/mol. The number of rotatable bonds is 6. The molecule has 5 nitrogen and oxygen atoms in total. The van der Waals surface area contributed by atoms with Gasteiger partial charge in [-0.2, -0.15) is 0 Å². The van der Waals surface area contributed by atoms with Gasteiger partial charge in [0.05, 0.1) is 28.1 Å². The minimum Gasteiger partial charge on any atom is -0.454 e. The van der Waals surface area contributed by atoms with Crippen LogP contribution < -0.4 is 9.80 Å². The third-order valence-electron chi connectivity index (χ3n) is 14.5. The van der Waals surface area contributed by atoms with Gasteiger partial charge in [-0.25, -0.2) is 0 Å². The Morgan fingerprint density at radius 2 is 0.739 bits per heavy atom. The number of fused-ring (bicyclic) bond motifs is 10. The molecule has 3 aromatic heterocycles. The predicted octanol–water partition coefficient (Wildman–Crippen LogP) is 19.3. The van der Waals surface area contributed by atoms with E-state index in [4.69, 9.17) is 13.3 Å². The number of benzene rings is 9. The average Bonchev–Trinajstić information content (AvgIpc) is 4.03. The van der Waals surface area contributed by atoms with Crippen molar-refractivity contribution in [1.82, 2.24) is 0 Å². The van der Waals surface area contributed by atoms with E-state index < -0.39 is 0 Å². The van der Waals surface area contributed by atoms with Gasteiger partial charge in [0.2, 0.25) is 0 Å². The van der Waals surface area contributed by atoms with E-state index in [2.05, 4.69) is 237 Å². The third-order valence-corrected chi connectivity index (χ3v) is 14.5. The molecule has 9 aromatic carbocycles. The molecule has 0 N–H and O–H groups in total. The van der Waals surface area contributed by atoms with E-state index in [1.54, 1.807) is 0 Å². The fourth-order valence-electron chi connectivity index (χ4n) is 10.7. The van der Waals surface area contributed by atoms with E-state index in [-0.39, 0.29) is 10.8 Å². The molecule has 12 rings (SSSR count). The van der Waals surface area contributed by atoms with Crippen molar-refractivity contribution in [2.45, 2.75) is 80.1 Å². The second-order valence-corrected chi connectivity index (χ2v) is 21.1. The summed E-state index contributed by atoms with van der Waals surface area (Å²) in [6.07, 6.45) is 0. The molecule has 0 saturated heterocycles. The molecule has 0 fully saturated rings. The molecule has 0 aliphatic heterocycles. The summed E-state index contributed by atoms with van der Waals surface area (Å²) in [6.45, 7) is 22.3.